The van der Waals surface area contributed by atoms with Crippen molar-refractivity contribution in [3.05, 3.63) is 30.0 Å². The predicted molar refractivity (Wildman–Crippen MR) is 64.8 cm³/mol. The highest BCUT2D eigenvalue weighted by molar-refractivity contribution is 5.51. The average molecular weight is 250 g/mol. The highest BCUT2D eigenvalue weighted by Gasteiger charge is 2.11. The van der Waals surface area contributed by atoms with Crippen LogP contribution < -0.4 is 19.9 Å². The van der Waals surface area contributed by atoms with Crippen molar-refractivity contribution >= 4 is 5.88 Å². The summed E-state index contributed by atoms with van der Waals surface area (Å²) in [5, 5.41) is 3.73. The molecule has 0 radical (unpaired) electrons. The Morgan fingerprint density at radius 2 is 2.00 bits per heavy atom. The zero-order chi connectivity index (χ0) is 13.0. The fourth-order valence-corrected chi connectivity index (χ4v) is 1.52. The number of hydrogen-bond donors (Lipinski definition) is 1. The number of benzene rings is 1. The molecule has 0 saturated carbocycles. The smallest absolute Gasteiger partial charge is 0.222 e. The van der Waals surface area contributed by atoms with Crippen molar-refractivity contribution in [2.75, 3.05) is 20.0 Å². The van der Waals surface area contributed by atoms with Gasteiger partial charge in [0.05, 0.1) is 14.2 Å². The van der Waals surface area contributed by atoms with Crippen LogP contribution in [0.5, 0.6) is 17.2 Å². The molecule has 0 aliphatic rings. The highest BCUT2D eigenvalue weighted by Crippen LogP contribution is 2.36. The fourth-order valence-electron chi connectivity index (χ4n) is 1.52. The minimum Gasteiger partial charge on any atom is -0.493 e. The van der Waals surface area contributed by atoms with E-state index in [0.717, 1.165) is 0 Å². The molecule has 0 amide bonds. The van der Waals surface area contributed by atoms with Crippen molar-refractivity contribution in [2.45, 2.75) is 6.61 Å². The Hall–Kier alpha value is -2.37. The second-order valence-corrected chi connectivity index (χ2v) is 3.50. The van der Waals surface area contributed by atoms with E-state index in [9.17, 15) is 0 Å². The molecule has 0 spiro atoms. The predicted octanol–water partition coefficient (Wildman–Crippen LogP) is 1.85. The Labute approximate surface area is 104 Å². The van der Waals surface area contributed by atoms with Gasteiger partial charge in [-0.1, -0.05) is 11.2 Å². The molecule has 18 heavy (non-hydrogen) atoms. The van der Waals surface area contributed by atoms with Gasteiger partial charge in [0.2, 0.25) is 11.6 Å². The number of ether oxygens (including phenoxy) is 3. The van der Waals surface area contributed by atoms with Gasteiger partial charge in [-0.3, -0.25) is 0 Å². The Morgan fingerprint density at radius 1 is 1.22 bits per heavy atom. The van der Waals surface area contributed by atoms with Crippen LogP contribution in [0.2, 0.25) is 0 Å². The van der Waals surface area contributed by atoms with Crippen molar-refractivity contribution in [3.8, 4) is 17.2 Å². The van der Waals surface area contributed by atoms with Gasteiger partial charge in [-0.05, 0) is 12.1 Å². The topological polar surface area (TPSA) is 79.7 Å². The van der Waals surface area contributed by atoms with Crippen LogP contribution in [0.4, 0.5) is 5.88 Å². The molecule has 0 aliphatic carbocycles. The Morgan fingerprint density at radius 3 is 2.61 bits per heavy atom. The number of rotatable bonds is 5. The first-order valence-corrected chi connectivity index (χ1v) is 5.29. The summed E-state index contributed by atoms with van der Waals surface area (Å²) in [6.07, 6.45) is 0. The van der Waals surface area contributed by atoms with E-state index in [0.29, 0.717) is 22.9 Å². The molecule has 0 atom stereocenters. The molecule has 0 saturated heterocycles. The maximum absolute atomic E-state index is 5.59. The van der Waals surface area contributed by atoms with Crippen LogP contribution >= 0.6 is 0 Å². The molecule has 1 aromatic heterocycles. The number of hydrogen-bond acceptors (Lipinski definition) is 6. The lowest BCUT2D eigenvalue weighted by molar-refractivity contribution is 0.266. The lowest BCUT2D eigenvalue weighted by Gasteiger charge is -2.12. The van der Waals surface area contributed by atoms with Crippen LogP contribution in [0.3, 0.4) is 0 Å². The van der Waals surface area contributed by atoms with Crippen LogP contribution in [-0.4, -0.2) is 19.4 Å². The third kappa shape index (κ3) is 2.48. The largest absolute Gasteiger partial charge is 0.493 e. The van der Waals surface area contributed by atoms with E-state index in [1.165, 1.54) is 0 Å². The maximum Gasteiger partial charge on any atom is 0.222 e. The van der Waals surface area contributed by atoms with Gasteiger partial charge in [-0.15, -0.1) is 0 Å². The van der Waals surface area contributed by atoms with E-state index < -0.39 is 0 Å². The molecule has 6 heteroatoms. The van der Waals surface area contributed by atoms with Gasteiger partial charge in [-0.2, -0.15) is 0 Å². The normalized spacial score (nSPS) is 10.1. The summed E-state index contributed by atoms with van der Waals surface area (Å²) >= 11 is 0. The van der Waals surface area contributed by atoms with Gasteiger partial charge in [-0.25, -0.2) is 0 Å². The van der Waals surface area contributed by atoms with Crippen molar-refractivity contribution in [2.24, 2.45) is 0 Å². The van der Waals surface area contributed by atoms with Gasteiger partial charge in [0.1, 0.15) is 12.3 Å². The van der Waals surface area contributed by atoms with E-state index in [2.05, 4.69) is 5.16 Å². The molecule has 0 fully saturated rings. The summed E-state index contributed by atoms with van der Waals surface area (Å²) < 4.78 is 20.7. The molecule has 0 bridgehead atoms. The number of aromatic nitrogens is 1. The molecule has 2 N–H and O–H groups in total. The Kier molecular flexibility index (Phi) is 3.57. The third-order valence-corrected chi connectivity index (χ3v) is 2.32. The summed E-state index contributed by atoms with van der Waals surface area (Å²) in [6.45, 7) is 0.240. The minimum absolute atomic E-state index is 0.240. The standard InChI is InChI=1S/C12H14N2O4/c1-15-9-4-3-5-10(12(9)16-2)17-7-8-6-11(13)18-14-8/h3-6H,7,13H2,1-2H3. The zero-order valence-corrected chi connectivity index (χ0v) is 10.2. The summed E-state index contributed by atoms with van der Waals surface area (Å²) in [4.78, 5) is 0. The van der Waals surface area contributed by atoms with Crippen LogP contribution in [0.15, 0.2) is 28.8 Å². The molecule has 1 aromatic carbocycles. The second kappa shape index (κ2) is 5.31. The monoisotopic (exact) mass is 250 g/mol. The Balaban J connectivity index is 2.13. The molecule has 0 aliphatic heterocycles. The summed E-state index contributed by atoms with van der Waals surface area (Å²) in [7, 11) is 3.12. The number of nitrogens with two attached hydrogens (primary N) is 1. The van der Waals surface area contributed by atoms with E-state index in [4.69, 9.17) is 24.5 Å². The van der Waals surface area contributed by atoms with Crippen LogP contribution in [0.25, 0.3) is 0 Å². The third-order valence-electron chi connectivity index (χ3n) is 2.32. The first-order chi connectivity index (χ1) is 8.74. The van der Waals surface area contributed by atoms with Crippen molar-refractivity contribution in [1.29, 1.82) is 0 Å². The molecule has 2 rings (SSSR count). The number of para-hydroxylation sites is 1. The molecular formula is C12H14N2O4. The first kappa shape index (κ1) is 12.1. The van der Waals surface area contributed by atoms with E-state index >= 15 is 0 Å². The lowest BCUT2D eigenvalue weighted by atomic mass is 10.3. The van der Waals surface area contributed by atoms with Gasteiger partial charge < -0.3 is 24.5 Å². The van der Waals surface area contributed by atoms with Crippen LogP contribution in [0, 0.1) is 0 Å². The van der Waals surface area contributed by atoms with E-state index in [-0.39, 0.29) is 12.5 Å². The molecule has 2 aromatic rings. The van der Waals surface area contributed by atoms with E-state index in [1.807, 2.05) is 6.07 Å². The zero-order valence-electron chi connectivity index (χ0n) is 10.2. The molecule has 96 valence electrons. The number of methoxy groups -OCH3 is 2. The van der Waals surface area contributed by atoms with E-state index in [1.54, 1.807) is 32.4 Å². The lowest BCUT2D eigenvalue weighted by Crippen LogP contribution is -1.99. The van der Waals surface area contributed by atoms with Gasteiger partial charge in [0.15, 0.2) is 11.5 Å². The van der Waals surface area contributed by atoms with Crippen LogP contribution in [0.1, 0.15) is 5.69 Å². The van der Waals surface area contributed by atoms with Crippen molar-refractivity contribution in [3.63, 3.8) is 0 Å². The quantitative estimate of drug-likeness (QED) is 0.872. The minimum atomic E-state index is 0.240. The van der Waals surface area contributed by atoms with Gasteiger partial charge in [0, 0.05) is 6.07 Å². The maximum atomic E-state index is 5.59. The van der Waals surface area contributed by atoms with Crippen molar-refractivity contribution < 1.29 is 18.7 Å². The summed E-state index contributed by atoms with van der Waals surface area (Å²) in [5.41, 5.74) is 6.03. The van der Waals surface area contributed by atoms with Gasteiger partial charge >= 0.3 is 0 Å². The molecule has 1 heterocycles. The van der Waals surface area contributed by atoms with Crippen molar-refractivity contribution in [1.82, 2.24) is 5.16 Å². The average Bonchev–Trinajstić information content (AvgIpc) is 2.81. The van der Waals surface area contributed by atoms with Gasteiger partial charge in [0.25, 0.3) is 0 Å². The number of nitrogens with zero attached hydrogens (tertiary/aromatic N) is 1. The fraction of sp³-hybridized carbons (Fsp3) is 0.250. The number of anilines is 1. The highest BCUT2D eigenvalue weighted by atomic mass is 16.5. The second-order valence-electron chi connectivity index (χ2n) is 3.50. The molecule has 0 unspecified atom stereocenters. The number of nitrogen functional groups attached to an aromatic ring is 1. The van der Waals surface area contributed by atoms with Crippen LogP contribution in [-0.2, 0) is 6.61 Å². The first-order valence-electron chi connectivity index (χ1n) is 5.29. The Bertz CT molecular complexity index is 525. The molecule has 6 nitrogen and oxygen atoms in total. The SMILES string of the molecule is COc1cccc(OCc2cc(N)on2)c1OC. The summed E-state index contributed by atoms with van der Waals surface area (Å²) in [6, 6.07) is 6.99. The summed E-state index contributed by atoms with van der Waals surface area (Å²) in [5.74, 6) is 1.97. The molecular weight excluding hydrogens is 236 g/mol.